The fourth-order valence-electron chi connectivity index (χ4n) is 4.92. The van der Waals surface area contributed by atoms with Crippen molar-refractivity contribution >= 4 is 29.6 Å². The van der Waals surface area contributed by atoms with Gasteiger partial charge in [0.25, 0.3) is 0 Å². The molecule has 0 bridgehead atoms. The van der Waals surface area contributed by atoms with Gasteiger partial charge in [-0.2, -0.15) is 24.9 Å². The number of thioether (sulfide) groups is 1. The van der Waals surface area contributed by atoms with Gasteiger partial charge in [0.05, 0.1) is 51.7 Å². The maximum absolute atomic E-state index is 13.1. The Labute approximate surface area is 258 Å². The molecular weight excluding hydrogens is 605 g/mol. The zero-order valence-corrected chi connectivity index (χ0v) is 25.1. The quantitative estimate of drug-likeness (QED) is 0.126. The molecule has 0 aliphatic carbocycles. The molecule has 0 aromatic heterocycles. The van der Waals surface area contributed by atoms with E-state index < -0.39 is 11.8 Å². The van der Waals surface area contributed by atoms with E-state index in [-0.39, 0.29) is 55.1 Å². The van der Waals surface area contributed by atoms with Crippen molar-refractivity contribution in [1.82, 2.24) is 21.3 Å². The van der Waals surface area contributed by atoms with Crippen LogP contribution in [0.15, 0.2) is 34.5 Å². The van der Waals surface area contributed by atoms with E-state index in [9.17, 15) is 27.6 Å². The van der Waals surface area contributed by atoms with Crippen molar-refractivity contribution in [3.8, 4) is 0 Å². The first-order valence-corrected chi connectivity index (χ1v) is 15.8. The first-order chi connectivity index (χ1) is 21.2. The molecule has 244 valence electrons. The van der Waals surface area contributed by atoms with Crippen molar-refractivity contribution in [1.29, 1.82) is 0 Å². The minimum absolute atomic E-state index is 0.00152. The molecule has 3 atom stereocenters. The second kappa shape index (κ2) is 16.4. The predicted molar refractivity (Wildman–Crippen MR) is 155 cm³/mol. The van der Waals surface area contributed by atoms with Gasteiger partial charge in [-0.05, 0) is 18.4 Å². The summed E-state index contributed by atoms with van der Waals surface area (Å²) in [6.07, 6.45) is -1.23. The van der Waals surface area contributed by atoms with Crippen LogP contribution >= 0.6 is 11.8 Å². The third-order valence-corrected chi connectivity index (χ3v) is 8.92. The predicted octanol–water partition coefficient (Wildman–Crippen LogP) is 2.77. The van der Waals surface area contributed by atoms with Crippen LogP contribution in [0.1, 0.15) is 43.2 Å². The van der Waals surface area contributed by atoms with Crippen LogP contribution < -0.4 is 21.3 Å². The molecule has 2 saturated heterocycles. The molecule has 3 aliphatic heterocycles. The van der Waals surface area contributed by atoms with Crippen LogP contribution in [-0.4, -0.2) is 93.3 Å². The summed E-state index contributed by atoms with van der Waals surface area (Å²) < 4.78 is 55.4. The number of hydrogen-bond donors (Lipinski definition) is 4. The zero-order chi connectivity index (χ0) is 31.4. The smallest absolute Gasteiger partial charge is 0.379 e. The lowest BCUT2D eigenvalue weighted by molar-refractivity contribution is -0.166. The second-order valence-corrected chi connectivity index (χ2v) is 11.9. The molecule has 0 saturated carbocycles. The first kappa shape index (κ1) is 33.9. The molecule has 12 nitrogen and oxygen atoms in total. The fourth-order valence-corrected chi connectivity index (χ4v) is 6.46. The number of benzene rings is 1. The Hall–Kier alpha value is -2.95. The summed E-state index contributed by atoms with van der Waals surface area (Å²) in [6, 6.07) is 5.98. The fraction of sp³-hybridized carbons (Fsp3) is 0.679. The summed E-state index contributed by atoms with van der Waals surface area (Å²) >= 11 is 1.88. The van der Waals surface area contributed by atoms with E-state index in [2.05, 4.69) is 31.5 Å². The number of ether oxygens (including phenoxy) is 3. The number of halogens is 3. The van der Waals surface area contributed by atoms with Gasteiger partial charge in [-0.15, -0.1) is 10.2 Å². The Morgan fingerprint density at radius 1 is 0.909 bits per heavy atom. The molecule has 4 amide bonds. The Bertz CT molecular complexity index is 1140. The molecule has 0 spiro atoms. The maximum Gasteiger partial charge on any atom is 0.442 e. The summed E-state index contributed by atoms with van der Waals surface area (Å²) in [5.74, 6) is 0.697. The van der Waals surface area contributed by atoms with E-state index in [1.807, 2.05) is 11.8 Å². The molecule has 0 radical (unpaired) electrons. The second-order valence-electron chi connectivity index (χ2n) is 10.6. The van der Waals surface area contributed by atoms with Crippen LogP contribution in [0.25, 0.3) is 0 Å². The number of urea groups is 1. The monoisotopic (exact) mass is 644 g/mol. The molecule has 44 heavy (non-hydrogen) atoms. The van der Waals surface area contributed by atoms with Gasteiger partial charge in [0.2, 0.25) is 11.8 Å². The van der Waals surface area contributed by atoms with E-state index >= 15 is 0 Å². The Morgan fingerprint density at radius 3 is 2.25 bits per heavy atom. The van der Waals surface area contributed by atoms with E-state index in [0.29, 0.717) is 56.8 Å². The Balaban J connectivity index is 0.892. The number of carbonyl (C=O) groups excluding carboxylic acids is 3. The highest BCUT2D eigenvalue weighted by molar-refractivity contribution is 8.00. The van der Waals surface area contributed by atoms with Crippen molar-refractivity contribution < 1.29 is 41.8 Å². The van der Waals surface area contributed by atoms with Crippen molar-refractivity contribution in [2.24, 2.45) is 10.2 Å². The lowest BCUT2D eigenvalue weighted by atomic mass is 10.0. The number of nitrogens with zero attached hydrogens (tertiary/aromatic N) is 2. The highest BCUT2D eigenvalue weighted by Crippen LogP contribution is 2.52. The maximum atomic E-state index is 13.1. The van der Waals surface area contributed by atoms with Crippen LogP contribution in [0.4, 0.5) is 18.0 Å². The van der Waals surface area contributed by atoms with E-state index in [1.54, 1.807) is 0 Å². The zero-order valence-electron chi connectivity index (χ0n) is 24.3. The van der Waals surface area contributed by atoms with Crippen molar-refractivity contribution in [2.75, 3.05) is 51.9 Å². The molecule has 3 heterocycles. The SMILES string of the molecule is O=C(CCCC[C@@H]1SC[C@@H]2NC(=O)N[C@@H]21)NCCOCCOCCOCCC(=O)NCc1ccc(C2(C(F)(F)F)N=N2)cc1. The highest BCUT2D eigenvalue weighted by Gasteiger charge is 2.65. The summed E-state index contributed by atoms with van der Waals surface area (Å²) in [6.45, 7) is 2.62. The van der Waals surface area contributed by atoms with Gasteiger partial charge in [0.15, 0.2) is 0 Å². The van der Waals surface area contributed by atoms with E-state index in [1.165, 1.54) is 24.3 Å². The number of nitrogens with one attached hydrogen (secondary N) is 4. The van der Waals surface area contributed by atoms with E-state index in [4.69, 9.17) is 14.2 Å². The number of unbranched alkanes of at least 4 members (excludes halogenated alkanes) is 1. The van der Waals surface area contributed by atoms with Crippen molar-refractivity contribution in [3.05, 3.63) is 35.4 Å². The third-order valence-electron chi connectivity index (χ3n) is 7.41. The number of amides is 4. The van der Waals surface area contributed by atoms with Crippen LogP contribution in [0.3, 0.4) is 0 Å². The number of carbonyl (C=O) groups is 3. The summed E-state index contributed by atoms with van der Waals surface area (Å²) in [5.41, 5.74) is -1.84. The van der Waals surface area contributed by atoms with Gasteiger partial charge in [0.1, 0.15) is 0 Å². The number of fused-ring (bicyclic) bond motifs is 1. The lowest BCUT2D eigenvalue weighted by Crippen LogP contribution is -2.36. The molecule has 4 rings (SSSR count). The third kappa shape index (κ3) is 10.0. The molecule has 1 aromatic rings. The average molecular weight is 645 g/mol. The van der Waals surface area contributed by atoms with Gasteiger partial charge >= 0.3 is 17.9 Å². The van der Waals surface area contributed by atoms with Crippen LogP contribution in [0.5, 0.6) is 0 Å². The first-order valence-electron chi connectivity index (χ1n) is 14.7. The average Bonchev–Trinajstić information content (AvgIpc) is 3.63. The minimum Gasteiger partial charge on any atom is -0.379 e. The standard InChI is InChI=1S/C28H39F3N6O6S/c29-28(30,31)27(36-37-27)20-7-5-19(6-8-20)17-33-24(39)9-11-41-13-15-43-16-14-42-12-10-32-23(38)4-2-1-3-22-25-21(18-44-22)34-26(40)35-25/h5-8,21-22,25H,1-4,9-18H2,(H,32,38)(H,33,39)(H2,34,35,40)/t21-,22-,25-/m0/s1. The summed E-state index contributed by atoms with van der Waals surface area (Å²) in [4.78, 5) is 35.4. The number of hydrogen-bond acceptors (Lipinski definition) is 9. The van der Waals surface area contributed by atoms with Gasteiger partial charge in [-0.3, -0.25) is 9.59 Å². The van der Waals surface area contributed by atoms with E-state index in [0.717, 1.165) is 25.0 Å². The van der Waals surface area contributed by atoms with Crippen molar-refractivity contribution in [3.63, 3.8) is 0 Å². The van der Waals surface area contributed by atoms with Gasteiger partial charge in [-0.1, -0.05) is 30.7 Å². The van der Waals surface area contributed by atoms with Gasteiger partial charge in [0, 0.05) is 42.5 Å². The summed E-state index contributed by atoms with van der Waals surface area (Å²) in [5, 5.41) is 18.2. The lowest BCUT2D eigenvalue weighted by Gasteiger charge is -2.16. The largest absolute Gasteiger partial charge is 0.442 e. The summed E-state index contributed by atoms with van der Waals surface area (Å²) in [7, 11) is 0. The molecule has 3 aliphatic rings. The molecule has 0 unspecified atom stereocenters. The molecular formula is C28H39F3N6O6S. The van der Waals surface area contributed by atoms with Gasteiger partial charge < -0.3 is 35.5 Å². The highest BCUT2D eigenvalue weighted by atomic mass is 32.2. The Kier molecular flexibility index (Phi) is 12.6. The molecule has 1 aromatic carbocycles. The molecule has 4 N–H and O–H groups in total. The number of rotatable bonds is 20. The van der Waals surface area contributed by atoms with Gasteiger partial charge in [-0.25, -0.2) is 4.79 Å². The topological polar surface area (TPSA) is 152 Å². The number of alkyl halides is 3. The van der Waals surface area contributed by atoms with Crippen molar-refractivity contribution in [2.45, 2.75) is 67.8 Å². The Morgan fingerprint density at radius 2 is 1.57 bits per heavy atom. The molecule has 2 fully saturated rings. The minimum atomic E-state index is -4.57. The van der Waals surface area contributed by atoms with Crippen LogP contribution in [-0.2, 0) is 36.0 Å². The molecule has 16 heteroatoms. The normalized spacial score (nSPS) is 21.4. The van der Waals surface area contributed by atoms with Crippen LogP contribution in [0.2, 0.25) is 0 Å². The van der Waals surface area contributed by atoms with Crippen LogP contribution in [0, 0.1) is 0 Å².